The number of hydrogen-bond acceptors (Lipinski definition) is 4. The smallest absolute Gasteiger partial charge is 0.203 e. The predicted octanol–water partition coefficient (Wildman–Crippen LogP) is 0.492. The third-order valence-corrected chi connectivity index (χ3v) is 2.17. The van der Waals surface area contributed by atoms with E-state index in [1.54, 1.807) is 12.5 Å². The number of aromatic nitrogens is 5. The quantitative estimate of drug-likeness (QED) is 0.791. The molecule has 0 aromatic carbocycles. The molecule has 0 fully saturated rings. The molecular formula is C9H14N6. The fourth-order valence-electron chi connectivity index (χ4n) is 1.36. The topological polar surface area (TPSA) is 60.6 Å². The molecule has 2 heterocycles. The van der Waals surface area contributed by atoms with E-state index < -0.39 is 0 Å². The molecule has 0 bridgehead atoms. The molecule has 0 aliphatic carbocycles. The Bertz CT molecular complexity index is 429. The van der Waals surface area contributed by atoms with Crippen molar-refractivity contribution in [2.75, 3.05) is 11.9 Å². The molecule has 0 atom stereocenters. The van der Waals surface area contributed by atoms with Crippen molar-refractivity contribution >= 4 is 5.95 Å². The summed E-state index contributed by atoms with van der Waals surface area (Å²) >= 11 is 0. The highest BCUT2D eigenvalue weighted by molar-refractivity contribution is 5.25. The number of rotatable bonds is 4. The van der Waals surface area contributed by atoms with Crippen LogP contribution in [0.3, 0.4) is 0 Å². The van der Waals surface area contributed by atoms with Gasteiger partial charge in [0, 0.05) is 26.0 Å². The standard InChI is InChI=1S/C9H14N6/c1-3-10-9-11-4-5-15(9)6-8-13-12-7-14(8)2/h4-5,7H,3,6H2,1-2H3,(H,10,11). The lowest BCUT2D eigenvalue weighted by Gasteiger charge is -2.07. The molecule has 2 aromatic heterocycles. The molecule has 0 saturated heterocycles. The van der Waals surface area contributed by atoms with Crippen LogP contribution in [0, 0.1) is 0 Å². The minimum atomic E-state index is 0.679. The first-order valence-corrected chi connectivity index (χ1v) is 4.89. The second-order valence-corrected chi connectivity index (χ2v) is 3.27. The Morgan fingerprint density at radius 2 is 2.33 bits per heavy atom. The molecule has 2 rings (SSSR count). The average Bonchev–Trinajstić information content (AvgIpc) is 2.80. The first-order chi connectivity index (χ1) is 7.31. The van der Waals surface area contributed by atoms with E-state index in [9.17, 15) is 0 Å². The summed E-state index contributed by atoms with van der Waals surface area (Å²) in [6.07, 6.45) is 5.39. The third kappa shape index (κ3) is 1.98. The van der Waals surface area contributed by atoms with Crippen LogP contribution in [-0.2, 0) is 13.6 Å². The van der Waals surface area contributed by atoms with Crippen LogP contribution >= 0.6 is 0 Å². The molecule has 2 aromatic rings. The number of anilines is 1. The SMILES string of the molecule is CCNc1nccn1Cc1nncn1C. The zero-order valence-electron chi connectivity index (χ0n) is 8.88. The molecule has 0 radical (unpaired) electrons. The lowest BCUT2D eigenvalue weighted by molar-refractivity contribution is 0.700. The highest BCUT2D eigenvalue weighted by Crippen LogP contribution is 2.06. The molecule has 0 amide bonds. The minimum Gasteiger partial charge on any atom is -0.356 e. The van der Waals surface area contributed by atoms with E-state index in [2.05, 4.69) is 20.5 Å². The normalized spacial score (nSPS) is 10.5. The number of nitrogens with zero attached hydrogens (tertiary/aromatic N) is 5. The van der Waals surface area contributed by atoms with Crippen molar-refractivity contribution < 1.29 is 0 Å². The van der Waals surface area contributed by atoms with Gasteiger partial charge in [-0.25, -0.2) is 4.98 Å². The number of hydrogen-bond donors (Lipinski definition) is 1. The van der Waals surface area contributed by atoms with Crippen LogP contribution in [-0.4, -0.2) is 30.9 Å². The summed E-state index contributed by atoms with van der Waals surface area (Å²) in [5.74, 6) is 1.77. The van der Waals surface area contributed by atoms with Gasteiger partial charge in [0.1, 0.15) is 6.33 Å². The van der Waals surface area contributed by atoms with Gasteiger partial charge in [-0.05, 0) is 6.92 Å². The van der Waals surface area contributed by atoms with E-state index in [1.807, 2.05) is 29.3 Å². The molecule has 1 N–H and O–H groups in total. The van der Waals surface area contributed by atoms with Gasteiger partial charge in [0.05, 0.1) is 6.54 Å². The Kier molecular flexibility index (Phi) is 2.66. The van der Waals surface area contributed by atoms with E-state index in [-0.39, 0.29) is 0 Å². The van der Waals surface area contributed by atoms with Crippen molar-refractivity contribution in [3.8, 4) is 0 Å². The molecule has 80 valence electrons. The number of nitrogens with one attached hydrogen (secondary N) is 1. The monoisotopic (exact) mass is 206 g/mol. The van der Waals surface area contributed by atoms with E-state index in [0.29, 0.717) is 6.54 Å². The molecule has 0 aliphatic heterocycles. The lowest BCUT2D eigenvalue weighted by Crippen LogP contribution is -2.10. The maximum Gasteiger partial charge on any atom is 0.203 e. The summed E-state index contributed by atoms with van der Waals surface area (Å²) < 4.78 is 3.91. The predicted molar refractivity (Wildman–Crippen MR) is 56.5 cm³/mol. The fourth-order valence-corrected chi connectivity index (χ4v) is 1.36. The van der Waals surface area contributed by atoms with Crippen molar-refractivity contribution in [3.63, 3.8) is 0 Å². The van der Waals surface area contributed by atoms with Gasteiger partial charge in [-0.3, -0.25) is 0 Å². The molecule has 0 aliphatic rings. The van der Waals surface area contributed by atoms with Crippen LogP contribution < -0.4 is 5.32 Å². The summed E-state index contributed by atoms with van der Waals surface area (Å²) in [6.45, 7) is 3.58. The summed E-state index contributed by atoms with van der Waals surface area (Å²) in [4.78, 5) is 4.21. The second kappa shape index (κ2) is 4.12. The Balaban J connectivity index is 2.17. The van der Waals surface area contributed by atoms with Crippen molar-refractivity contribution in [2.24, 2.45) is 7.05 Å². The Morgan fingerprint density at radius 1 is 1.47 bits per heavy atom. The van der Waals surface area contributed by atoms with Crippen LogP contribution in [0.15, 0.2) is 18.7 Å². The van der Waals surface area contributed by atoms with E-state index in [0.717, 1.165) is 18.3 Å². The van der Waals surface area contributed by atoms with Gasteiger partial charge in [0.25, 0.3) is 0 Å². The van der Waals surface area contributed by atoms with Gasteiger partial charge in [0.15, 0.2) is 5.82 Å². The first-order valence-electron chi connectivity index (χ1n) is 4.89. The lowest BCUT2D eigenvalue weighted by atomic mass is 10.5. The maximum absolute atomic E-state index is 4.21. The first kappa shape index (κ1) is 9.70. The van der Waals surface area contributed by atoms with Gasteiger partial charge in [-0.2, -0.15) is 0 Å². The van der Waals surface area contributed by atoms with Crippen LogP contribution in [0.4, 0.5) is 5.95 Å². The molecule has 0 spiro atoms. The van der Waals surface area contributed by atoms with E-state index in [1.165, 1.54) is 0 Å². The number of imidazole rings is 1. The zero-order chi connectivity index (χ0) is 10.7. The highest BCUT2D eigenvalue weighted by atomic mass is 15.3. The Hall–Kier alpha value is -1.85. The third-order valence-electron chi connectivity index (χ3n) is 2.17. The van der Waals surface area contributed by atoms with Gasteiger partial charge >= 0.3 is 0 Å². The largest absolute Gasteiger partial charge is 0.356 e. The van der Waals surface area contributed by atoms with E-state index >= 15 is 0 Å². The van der Waals surface area contributed by atoms with Crippen molar-refractivity contribution in [1.82, 2.24) is 24.3 Å². The maximum atomic E-state index is 4.21. The second-order valence-electron chi connectivity index (χ2n) is 3.27. The zero-order valence-corrected chi connectivity index (χ0v) is 8.88. The van der Waals surface area contributed by atoms with Gasteiger partial charge in [0.2, 0.25) is 5.95 Å². The fraction of sp³-hybridized carbons (Fsp3) is 0.444. The summed E-state index contributed by atoms with van der Waals surface area (Å²) in [6, 6.07) is 0. The summed E-state index contributed by atoms with van der Waals surface area (Å²) in [7, 11) is 1.93. The van der Waals surface area contributed by atoms with Gasteiger partial charge in [-0.1, -0.05) is 0 Å². The summed E-state index contributed by atoms with van der Waals surface area (Å²) in [5, 5.41) is 11.0. The molecule has 6 heteroatoms. The molecule has 6 nitrogen and oxygen atoms in total. The van der Waals surface area contributed by atoms with Crippen LogP contribution in [0.25, 0.3) is 0 Å². The van der Waals surface area contributed by atoms with Crippen LogP contribution in [0.1, 0.15) is 12.7 Å². The average molecular weight is 206 g/mol. The van der Waals surface area contributed by atoms with Crippen molar-refractivity contribution in [2.45, 2.75) is 13.5 Å². The van der Waals surface area contributed by atoms with Crippen LogP contribution in [0.2, 0.25) is 0 Å². The Labute approximate surface area is 88.0 Å². The molecule has 0 saturated carbocycles. The summed E-state index contributed by atoms with van der Waals surface area (Å²) in [5.41, 5.74) is 0. The molecule has 0 unspecified atom stereocenters. The molecular weight excluding hydrogens is 192 g/mol. The van der Waals surface area contributed by atoms with Crippen molar-refractivity contribution in [1.29, 1.82) is 0 Å². The van der Waals surface area contributed by atoms with Gasteiger partial charge in [-0.15, -0.1) is 10.2 Å². The van der Waals surface area contributed by atoms with Crippen molar-refractivity contribution in [3.05, 3.63) is 24.5 Å². The van der Waals surface area contributed by atoms with Gasteiger partial charge < -0.3 is 14.5 Å². The highest BCUT2D eigenvalue weighted by Gasteiger charge is 2.05. The molecule has 15 heavy (non-hydrogen) atoms. The van der Waals surface area contributed by atoms with Crippen LogP contribution in [0.5, 0.6) is 0 Å². The number of aryl methyl sites for hydroxylation is 1. The Morgan fingerprint density at radius 3 is 3.00 bits per heavy atom. The minimum absolute atomic E-state index is 0.679. The van der Waals surface area contributed by atoms with E-state index in [4.69, 9.17) is 0 Å².